The number of anilines is 1. The van der Waals surface area contributed by atoms with Crippen molar-refractivity contribution in [2.45, 2.75) is 6.73 Å². The molecule has 1 amide bonds. The number of methoxy groups -OCH3 is 1. The topological polar surface area (TPSA) is 86.3 Å². The van der Waals surface area contributed by atoms with Crippen LogP contribution in [0.15, 0.2) is 36.9 Å². The van der Waals surface area contributed by atoms with Gasteiger partial charge in [0.1, 0.15) is 6.73 Å². The van der Waals surface area contributed by atoms with Gasteiger partial charge in [-0.2, -0.15) is 10.2 Å². The molecule has 0 aliphatic carbocycles. The molecule has 0 fully saturated rings. The van der Waals surface area contributed by atoms with Crippen molar-refractivity contribution in [2.75, 3.05) is 12.4 Å². The fourth-order valence-electron chi connectivity index (χ4n) is 1.77. The van der Waals surface area contributed by atoms with Crippen molar-refractivity contribution in [2.24, 2.45) is 0 Å². The predicted molar refractivity (Wildman–Crippen MR) is 70.2 cm³/mol. The van der Waals surface area contributed by atoms with Gasteiger partial charge in [-0.05, 0) is 6.07 Å². The molecule has 3 aromatic rings. The molecule has 3 heterocycles. The van der Waals surface area contributed by atoms with Gasteiger partial charge in [0, 0.05) is 25.6 Å². The van der Waals surface area contributed by atoms with Crippen LogP contribution in [0, 0.1) is 0 Å². The first kappa shape index (κ1) is 12.3. The van der Waals surface area contributed by atoms with Crippen molar-refractivity contribution >= 4 is 17.2 Å². The summed E-state index contributed by atoms with van der Waals surface area (Å²) in [6.45, 7) is 0.328. The number of fused-ring (bicyclic) bond motifs is 1. The Kier molecular flexibility index (Phi) is 3.13. The maximum atomic E-state index is 12.1. The third-order valence-corrected chi connectivity index (χ3v) is 2.62. The smallest absolute Gasteiger partial charge is 0.276 e. The van der Waals surface area contributed by atoms with E-state index in [9.17, 15) is 4.79 Å². The van der Waals surface area contributed by atoms with Gasteiger partial charge < -0.3 is 10.1 Å². The molecule has 0 atom stereocenters. The second-order valence-corrected chi connectivity index (χ2v) is 4.09. The van der Waals surface area contributed by atoms with Gasteiger partial charge in [0.15, 0.2) is 11.3 Å². The van der Waals surface area contributed by atoms with E-state index in [0.29, 0.717) is 23.8 Å². The van der Waals surface area contributed by atoms with Crippen LogP contribution in [0.3, 0.4) is 0 Å². The van der Waals surface area contributed by atoms with Crippen LogP contribution in [0.4, 0.5) is 5.69 Å². The van der Waals surface area contributed by atoms with Crippen LogP contribution in [-0.4, -0.2) is 37.4 Å². The molecular weight excluding hydrogens is 260 g/mol. The first-order valence-electron chi connectivity index (χ1n) is 5.89. The summed E-state index contributed by atoms with van der Waals surface area (Å²) in [5, 5.41) is 10.9. The molecule has 3 aromatic heterocycles. The monoisotopic (exact) mass is 272 g/mol. The molecule has 0 bridgehead atoms. The van der Waals surface area contributed by atoms with E-state index >= 15 is 0 Å². The fraction of sp³-hybridized carbons (Fsp3) is 0.167. The van der Waals surface area contributed by atoms with Crippen molar-refractivity contribution in [3.05, 3.63) is 42.6 Å². The van der Waals surface area contributed by atoms with Crippen molar-refractivity contribution in [3.8, 4) is 0 Å². The summed E-state index contributed by atoms with van der Waals surface area (Å²) < 4.78 is 8.05. The quantitative estimate of drug-likeness (QED) is 0.758. The molecule has 20 heavy (non-hydrogen) atoms. The number of nitrogens with one attached hydrogen (secondary N) is 1. The third-order valence-electron chi connectivity index (χ3n) is 2.62. The highest BCUT2D eigenvalue weighted by Crippen LogP contribution is 2.09. The summed E-state index contributed by atoms with van der Waals surface area (Å²) in [4.78, 5) is 16.2. The highest BCUT2D eigenvalue weighted by Gasteiger charge is 2.12. The van der Waals surface area contributed by atoms with Crippen LogP contribution >= 0.6 is 0 Å². The number of hydrogen-bond acceptors (Lipinski definition) is 5. The van der Waals surface area contributed by atoms with E-state index in [2.05, 4.69) is 20.5 Å². The second-order valence-electron chi connectivity index (χ2n) is 4.09. The SMILES string of the molecule is COCn1cc(NC(=O)c2cc3ncccn3n2)cn1. The highest BCUT2D eigenvalue weighted by atomic mass is 16.5. The summed E-state index contributed by atoms with van der Waals surface area (Å²) in [5.74, 6) is -0.313. The Morgan fingerprint density at radius 3 is 3.20 bits per heavy atom. The lowest BCUT2D eigenvalue weighted by atomic mass is 10.4. The van der Waals surface area contributed by atoms with Gasteiger partial charge in [-0.25, -0.2) is 14.2 Å². The predicted octanol–water partition coefficient (Wildman–Crippen LogP) is 0.782. The normalized spacial score (nSPS) is 10.8. The first-order valence-corrected chi connectivity index (χ1v) is 5.89. The zero-order chi connectivity index (χ0) is 13.9. The summed E-state index contributed by atoms with van der Waals surface area (Å²) in [5.41, 5.74) is 1.49. The molecule has 8 nitrogen and oxygen atoms in total. The van der Waals surface area contributed by atoms with E-state index in [1.807, 2.05) is 0 Å². The van der Waals surface area contributed by atoms with Crippen LogP contribution in [0.1, 0.15) is 10.5 Å². The Hall–Kier alpha value is -2.74. The molecule has 0 aromatic carbocycles. The van der Waals surface area contributed by atoms with E-state index in [1.54, 1.807) is 53.2 Å². The van der Waals surface area contributed by atoms with E-state index in [0.717, 1.165) is 0 Å². The zero-order valence-corrected chi connectivity index (χ0v) is 10.7. The summed E-state index contributed by atoms with van der Waals surface area (Å²) >= 11 is 0. The lowest BCUT2D eigenvalue weighted by Gasteiger charge is -1.98. The van der Waals surface area contributed by atoms with Crippen LogP contribution < -0.4 is 5.32 Å². The lowest BCUT2D eigenvalue weighted by molar-refractivity contribution is 0.102. The maximum Gasteiger partial charge on any atom is 0.276 e. The molecule has 0 aliphatic heterocycles. The lowest BCUT2D eigenvalue weighted by Crippen LogP contribution is -2.12. The third kappa shape index (κ3) is 2.36. The average molecular weight is 272 g/mol. The van der Waals surface area contributed by atoms with Crippen LogP contribution in [0.5, 0.6) is 0 Å². The van der Waals surface area contributed by atoms with Crippen LogP contribution in [0.2, 0.25) is 0 Å². The number of ether oxygens (including phenoxy) is 1. The molecule has 0 aliphatic rings. The Labute approximate surface area is 114 Å². The number of nitrogens with zero attached hydrogens (tertiary/aromatic N) is 5. The minimum atomic E-state index is -0.313. The molecular formula is C12H12N6O2. The number of aromatic nitrogens is 5. The minimum absolute atomic E-state index is 0.295. The van der Waals surface area contributed by atoms with Gasteiger partial charge in [0.2, 0.25) is 0 Å². The van der Waals surface area contributed by atoms with Crippen molar-refractivity contribution in [1.29, 1.82) is 0 Å². The van der Waals surface area contributed by atoms with Gasteiger partial charge in [-0.15, -0.1) is 0 Å². The van der Waals surface area contributed by atoms with Gasteiger partial charge in [0.05, 0.1) is 18.1 Å². The zero-order valence-electron chi connectivity index (χ0n) is 10.7. The Morgan fingerprint density at radius 2 is 2.40 bits per heavy atom. The maximum absolute atomic E-state index is 12.1. The van der Waals surface area contributed by atoms with Crippen molar-refractivity contribution in [3.63, 3.8) is 0 Å². The van der Waals surface area contributed by atoms with E-state index in [1.165, 1.54) is 0 Å². The standard InChI is InChI=1S/C12H12N6O2/c1-20-8-17-7-9(6-14-17)15-12(19)10-5-11-13-3-2-4-18(11)16-10/h2-7H,8H2,1H3,(H,15,19). The van der Waals surface area contributed by atoms with Gasteiger partial charge in [-0.1, -0.05) is 0 Å². The van der Waals surface area contributed by atoms with E-state index in [4.69, 9.17) is 4.74 Å². The highest BCUT2D eigenvalue weighted by molar-refractivity contribution is 6.03. The molecule has 0 saturated heterocycles. The molecule has 1 N–H and O–H groups in total. The Bertz CT molecular complexity index is 714. The number of rotatable bonds is 4. The van der Waals surface area contributed by atoms with Gasteiger partial charge >= 0.3 is 0 Å². The molecule has 0 radical (unpaired) electrons. The number of carbonyl (C=O) groups excluding carboxylic acids is 1. The average Bonchev–Trinajstić information content (AvgIpc) is 3.05. The molecule has 8 heteroatoms. The Morgan fingerprint density at radius 1 is 1.50 bits per heavy atom. The van der Waals surface area contributed by atoms with E-state index in [-0.39, 0.29) is 5.91 Å². The molecule has 0 spiro atoms. The molecule has 102 valence electrons. The fourth-order valence-corrected chi connectivity index (χ4v) is 1.77. The number of amides is 1. The summed E-state index contributed by atoms with van der Waals surface area (Å²) in [6, 6.07) is 3.37. The molecule has 3 rings (SSSR count). The van der Waals surface area contributed by atoms with Crippen molar-refractivity contribution in [1.82, 2.24) is 24.4 Å². The van der Waals surface area contributed by atoms with Crippen LogP contribution in [-0.2, 0) is 11.5 Å². The van der Waals surface area contributed by atoms with Crippen LogP contribution in [0.25, 0.3) is 5.65 Å². The van der Waals surface area contributed by atoms with Gasteiger partial charge in [0.25, 0.3) is 5.91 Å². The summed E-state index contributed by atoms with van der Waals surface area (Å²) in [7, 11) is 1.57. The molecule has 0 unspecified atom stereocenters. The number of hydrogen-bond donors (Lipinski definition) is 1. The minimum Gasteiger partial charge on any atom is -0.362 e. The van der Waals surface area contributed by atoms with E-state index < -0.39 is 0 Å². The number of carbonyl (C=O) groups is 1. The largest absolute Gasteiger partial charge is 0.362 e. The first-order chi connectivity index (χ1) is 9.76. The summed E-state index contributed by atoms with van der Waals surface area (Å²) in [6.07, 6.45) is 6.60. The molecule has 0 saturated carbocycles. The Balaban J connectivity index is 1.77. The van der Waals surface area contributed by atoms with Gasteiger partial charge in [-0.3, -0.25) is 4.79 Å². The van der Waals surface area contributed by atoms with Crippen molar-refractivity contribution < 1.29 is 9.53 Å². The second kappa shape index (κ2) is 5.10.